The van der Waals surface area contributed by atoms with Crippen molar-refractivity contribution in [3.8, 4) is 0 Å². The summed E-state index contributed by atoms with van der Waals surface area (Å²) in [6.45, 7) is 0.603. The zero-order chi connectivity index (χ0) is 32.7. The minimum absolute atomic E-state index is 0.0380. The van der Waals surface area contributed by atoms with Gasteiger partial charge in [-0.05, 0) is 36.8 Å². The molecule has 45 heavy (non-hydrogen) atoms. The Morgan fingerprint density at radius 3 is 2.29 bits per heavy atom. The number of hydrogen-bond donors (Lipinski definition) is 2. The smallest absolute Gasteiger partial charge is 0.410 e. The van der Waals surface area contributed by atoms with Crippen LogP contribution in [-0.4, -0.2) is 96.9 Å². The van der Waals surface area contributed by atoms with Gasteiger partial charge in [0.25, 0.3) is 5.91 Å². The van der Waals surface area contributed by atoms with E-state index in [9.17, 15) is 36.0 Å². The Morgan fingerprint density at radius 2 is 1.67 bits per heavy atom. The van der Waals surface area contributed by atoms with Gasteiger partial charge in [0.1, 0.15) is 17.7 Å². The Kier molecular flexibility index (Phi) is 9.03. The number of carbonyl (C=O) groups excluding carboxylic acids is 4. The first-order valence-electron chi connectivity index (χ1n) is 14.9. The fourth-order valence-corrected chi connectivity index (χ4v) is 9.33. The maximum atomic E-state index is 13.9. The lowest BCUT2D eigenvalue weighted by Crippen LogP contribution is -2.58. The topological polar surface area (TPSA) is 194 Å². The second-order valence-electron chi connectivity index (χ2n) is 12.3. The molecule has 0 radical (unpaired) electrons. The van der Waals surface area contributed by atoms with Crippen molar-refractivity contribution in [3.05, 3.63) is 47.5 Å². The first kappa shape index (κ1) is 32.9. The molecule has 3 heterocycles. The van der Waals surface area contributed by atoms with E-state index < -0.39 is 73.5 Å². The van der Waals surface area contributed by atoms with Crippen LogP contribution in [0.25, 0.3) is 0 Å². The summed E-state index contributed by atoms with van der Waals surface area (Å²) in [7, 11) is -9.15. The predicted molar refractivity (Wildman–Crippen MR) is 162 cm³/mol. The van der Waals surface area contributed by atoms with Gasteiger partial charge < -0.3 is 20.7 Å². The molecule has 0 spiro atoms. The predicted octanol–water partition coefficient (Wildman–Crippen LogP) is 0.579. The van der Waals surface area contributed by atoms with Crippen LogP contribution in [0, 0.1) is 5.92 Å². The highest BCUT2D eigenvalue weighted by molar-refractivity contribution is 8.04. The van der Waals surface area contributed by atoms with Crippen LogP contribution in [0.4, 0.5) is 4.79 Å². The minimum atomic E-state index is -4.57. The zero-order valence-electron chi connectivity index (χ0n) is 25.3. The molecule has 1 aromatic carbocycles. The van der Waals surface area contributed by atoms with Crippen LogP contribution in [0.1, 0.15) is 56.1 Å². The summed E-state index contributed by atoms with van der Waals surface area (Å²) >= 11 is 0. The Balaban J connectivity index is 1.41. The van der Waals surface area contributed by atoms with Gasteiger partial charge >= 0.3 is 6.09 Å². The zero-order valence-corrected chi connectivity index (χ0v) is 26.9. The number of nitrogens with zero attached hydrogens (tertiary/aromatic N) is 3. The lowest BCUT2D eigenvalue weighted by atomic mass is 10.1. The highest BCUT2D eigenvalue weighted by Crippen LogP contribution is 2.47. The monoisotopic (exact) mass is 665 g/mol. The van der Waals surface area contributed by atoms with Gasteiger partial charge in [-0.15, -0.1) is 3.71 Å². The molecule has 14 nitrogen and oxygen atoms in total. The van der Waals surface area contributed by atoms with Gasteiger partial charge in [-0.1, -0.05) is 49.3 Å². The summed E-state index contributed by atoms with van der Waals surface area (Å²) in [6.07, 6.45) is 6.31. The third kappa shape index (κ3) is 6.87. The summed E-state index contributed by atoms with van der Waals surface area (Å²) in [5, 5.41) is 2.61. The normalized spacial score (nSPS) is 29.8. The van der Waals surface area contributed by atoms with Gasteiger partial charge in [0, 0.05) is 25.4 Å². The van der Waals surface area contributed by atoms with Crippen LogP contribution in [-0.2, 0) is 52.3 Å². The van der Waals surface area contributed by atoms with Crippen molar-refractivity contribution in [1.82, 2.24) is 18.8 Å². The molecule has 5 atom stereocenters. The first-order chi connectivity index (χ1) is 21.1. The van der Waals surface area contributed by atoms with Crippen molar-refractivity contribution in [3.63, 3.8) is 0 Å². The summed E-state index contributed by atoms with van der Waals surface area (Å²) in [6, 6.07) is 5.48. The highest BCUT2D eigenvalue weighted by Gasteiger charge is 2.64. The molecule has 2 fully saturated rings. The molecule has 3 aliphatic heterocycles. The molecule has 16 heteroatoms. The summed E-state index contributed by atoms with van der Waals surface area (Å²) in [5.41, 5.74) is 6.37. The number of ether oxygens (including phenoxy) is 1. The lowest BCUT2D eigenvalue weighted by Gasteiger charge is -2.29. The molecule has 1 aromatic rings. The van der Waals surface area contributed by atoms with E-state index in [1.807, 2.05) is 30.3 Å². The fraction of sp³-hybridized carbons (Fsp3) is 0.586. The van der Waals surface area contributed by atoms with E-state index in [1.165, 1.54) is 9.80 Å². The van der Waals surface area contributed by atoms with Gasteiger partial charge in [0.05, 0.1) is 25.1 Å². The van der Waals surface area contributed by atoms with Crippen LogP contribution < -0.4 is 11.1 Å². The minimum Gasteiger partial charge on any atom is -0.444 e. The number of amides is 4. The Morgan fingerprint density at radius 1 is 1.02 bits per heavy atom. The fourth-order valence-electron chi connectivity index (χ4n) is 6.43. The first-order valence-corrected chi connectivity index (χ1v) is 18.6. The molecule has 246 valence electrons. The number of nitrogens with two attached hydrogens (primary N) is 1. The molecule has 1 saturated heterocycles. The van der Waals surface area contributed by atoms with Gasteiger partial charge in [-0.25, -0.2) is 21.6 Å². The van der Waals surface area contributed by atoms with Gasteiger partial charge in [0.15, 0.2) is 0 Å². The second-order valence-corrected chi connectivity index (χ2v) is 16.2. The van der Waals surface area contributed by atoms with Crippen LogP contribution in [0.3, 0.4) is 0 Å². The van der Waals surface area contributed by atoms with Crippen LogP contribution >= 0.6 is 0 Å². The van der Waals surface area contributed by atoms with Crippen LogP contribution in [0.2, 0.25) is 0 Å². The molecule has 4 aliphatic rings. The molecule has 1 aliphatic carbocycles. The maximum Gasteiger partial charge on any atom is 0.410 e. The van der Waals surface area contributed by atoms with Gasteiger partial charge in [-0.2, -0.15) is 0 Å². The number of hydrogen-bond acceptors (Lipinski definition) is 10. The van der Waals surface area contributed by atoms with Crippen LogP contribution in [0.5, 0.6) is 0 Å². The van der Waals surface area contributed by atoms with Crippen molar-refractivity contribution in [2.75, 3.05) is 19.1 Å². The number of allylic oxidation sites excluding steroid dienone is 1. The standard InChI is InChI=1S/C29H39N5O9S2/c1-44(39,40)34(45(2,41)42)27(37)29-15-21(29)12-6-4-3-5-7-13-23(30)26(36)33-18-22(14-24(33)25(35)31-29)43-28(38)32-16-19-10-8-9-11-20(19)17-32/h6,8-12,21-24H,3-5,7,13-18,30H2,1-2H3,(H,31,35)/b12-6-/t21-,22-,23+,24+,29-/m1/s1. The quantitative estimate of drug-likeness (QED) is 0.430. The second kappa shape index (κ2) is 12.4. The van der Waals surface area contributed by atoms with Crippen molar-refractivity contribution in [2.24, 2.45) is 11.7 Å². The number of benzene rings is 1. The van der Waals surface area contributed by atoms with E-state index >= 15 is 0 Å². The van der Waals surface area contributed by atoms with E-state index in [1.54, 1.807) is 6.08 Å². The molecule has 0 aromatic heterocycles. The van der Waals surface area contributed by atoms with E-state index in [-0.39, 0.29) is 23.1 Å². The number of sulfonamides is 2. The van der Waals surface area contributed by atoms with Gasteiger partial charge in [0.2, 0.25) is 31.9 Å². The third-order valence-electron chi connectivity index (χ3n) is 8.80. The Bertz CT molecular complexity index is 1570. The molecule has 0 bridgehead atoms. The molecular weight excluding hydrogens is 626 g/mol. The van der Waals surface area contributed by atoms with Crippen molar-refractivity contribution in [2.45, 2.75) is 81.8 Å². The summed E-state index contributed by atoms with van der Waals surface area (Å²) < 4.78 is 55.5. The molecule has 5 rings (SSSR count). The van der Waals surface area contributed by atoms with Crippen molar-refractivity contribution in [1.29, 1.82) is 0 Å². The van der Waals surface area contributed by atoms with Gasteiger partial charge in [-0.3, -0.25) is 19.3 Å². The molecule has 0 unspecified atom stereocenters. The number of fused-ring (bicyclic) bond motifs is 3. The number of carbonyl (C=O) groups is 4. The molecule has 3 N–H and O–H groups in total. The SMILES string of the molecule is CS(=O)(=O)N(C(=O)[C@@]12C[C@H]1/C=C\CCCCC[C@H](N)C(=O)N1C[C@H](OC(=O)N3Cc4ccccc4C3)C[C@H]1C(=O)N2)S(C)(=O)=O. The third-order valence-corrected chi connectivity index (χ3v) is 12.0. The summed E-state index contributed by atoms with van der Waals surface area (Å²) in [5.74, 6) is -3.30. The van der Waals surface area contributed by atoms with E-state index in [0.717, 1.165) is 24.0 Å². The molecular formula is C29H39N5O9S2. The van der Waals surface area contributed by atoms with E-state index in [2.05, 4.69) is 5.32 Å². The van der Waals surface area contributed by atoms with Crippen molar-refractivity contribution >= 4 is 43.9 Å². The average molecular weight is 666 g/mol. The largest absolute Gasteiger partial charge is 0.444 e. The van der Waals surface area contributed by atoms with Crippen LogP contribution in [0.15, 0.2) is 36.4 Å². The van der Waals surface area contributed by atoms with E-state index in [0.29, 0.717) is 44.9 Å². The average Bonchev–Trinajstić information content (AvgIpc) is 3.27. The highest BCUT2D eigenvalue weighted by atomic mass is 32.3. The summed E-state index contributed by atoms with van der Waals surface area (Å²) in [4.78, 5) is 57.0. The van der Waals surface area contributed by atoms with E-state index in [4.69, 9.17) is 10.5 Å². The van der Waals surface area contributed by atoms with Crippen molar-refractivity contribution < 1.29 is 40.8 Å². The lowest BCUT2D eigenvalue weighted by molar-refractivity contribution is -0.141. The number of nitrogens with one attached hydrogen (secondary N) is 1. The Hall–Kier alpha value is -3.50. The Labute approximate surface area is 263 Å². The maximum absolute atomic E-state index is 13.9. The molecule has 1 saturated carbocycles. The molecule has 4 amide bonds. The number of rotatable bonds is 4.